The second kappa shape index (κ2) is 8.15. The van der Waals surface area contributed by atoms with Crippen LogP contribution in [0.2, 0.25) is 0 Å². The smallest absolute Gasteiger partial charge is 0.423 e. The number of carbonyl (C=O) groups excluding carboxylic acids is 1. The molecule has 0 spiro atoms. The van der Waals surface area contributed by atoms with Crippen LogP contribution < -0.4 is 10.8 Å². The van der Waals surface area contributed by atoms with Crippen LogP contribution >= 0.6 is 0 Å². The first-order valence-corrected chi connectivity index (χ1v) is 7.47. The van der Waals surface area contributed by atoms with Gasteiger partial charge < -0.3 is 20.3 Å². The van der Waals surface area contributed by atoms with Crippen molar-refractivity contribution in [2.75, 3.05) is 18.9 Å². The number of nitrogens with one attached hydrogen (secondary N) is 1. The van der Waals surface area contributed by atoms with Crippen molar-refractivity contribution in [3.8, 4) is 6.07 Å². The number of hydrogen-bond acceptors (Lipinski definition) is 4. The Morgan fingerprint density at radius 1 is 1.25 bits per heavy atom. The largest absolute Gasteiger partial charge is 0.488 e. The van der Waals surface area contributed by atoms with E-state index >= 15 is 0 Å². The van der Waals surface area contributed by atoms with Crippen LogP contribution in [0.25, 0.3) is 0 Å². The van der Waals surface area contributed by atoms with Gasteiger partial charge >= 0.3 is 13.1 Å². The number of likely N-dealkylation sites (N-methyl/N-ethyl adjacent to an activating group) is 1. The molecule has 0 fully saturated rings. The number of benzene rings is 2. The lowest BCUT2D eigenvalue weighted by Crippen LogP contribution is -2.33. The first-order chi connectivity index (χ1) is 11.5. The van der Waals surface area contributed by atoms with Crippen molar-refractivity contribution in [2.45, 2.75) is 6.42 Å². The highest BCUT2D eigenvalue weighted by Crippen LogP contribution is 2.10. The first kappa shape index (κ1) is 17.5. The molecule has 122 valence electrons. The highest BCUT2D eigenvalue weighted by atomic mass is 16.4. The number of carbonyl (C=O) groups is 1. The van der Waals surface area contributed by atoms with Crippen LogP contribution in [0.1, 0.15) is 11.1 Å². The van der Waals surface area contributed by atoms with Crippen LogP contribution in [-0.4, -0.2) is 41.7 Å². The van der Waals surface area contributed by atoms with E-state index in [0.717, 1.165) is 5.56 Å². The molecule has 0 aliphatic rings. The summed E-state index contributed by atoms with van der Waals surface area (Å²) in [6.45, 7) is 0.505. The van der Waals surface area contributed by atoms with Crippen LogP contribution in [0.15, 0.2) is 48.5 Å². The van der Waals surface area contributed by atoms with Gasteiger partial charge in [-0.05, 0) is 35.6 Å². The van der Waals surface area contributed by atoms with Gasteiger partial charge in [0.2, 0.25) is 0 Å². The van der Waals surface area contributed by atoms with Gasteiger partial charge in [0.05, 0.1) is 11.6 Å². The van der Waals surface area contributed by atoms with Crippen LogP contribution in [0.3, 0.4) is 0 Å². The molecule has 24 heavy (non-hydrogen) atoms. The van der Waals surface area contributed by atoms with Crippen molar-refractivity contribution >= 4 is 24.3 Å². The Morgan fingerprint density at radius 2 is 1.96 bits per heavy atom. The maximum absolute atomic E-state index is 12.1. The summed E-state index contributed by atoms with van der Waals surface area (Å²) in [6, 6.07) is 15.4. The molecule has 0 radical (unpaired) electrons. The third-order valence-corrected chi connectivity index (χ3v) is 3.60. The van der Waals surface area contributed by atoms with E-state index in [4.69, 9.17) is 15.3 Å². The number of amides is 2. The maximum atomic E-state index is 12.1. The summed E-state index contributed by atoms with van der Waals surface area (Å²) in [5.74, 6) is 0. The number of nitriles is 1. The van der Waals surface area contributed by atoms with Crippen LogP contribution in [0.5, 0.6) is 0 Å². The number of urea groups is 1. The van der Waals surface area contributed by atoms with E-state index in [1.807, 2.05) is 6.07 Å². The van der Waals surface area contributed by atoms with Crippen molar-refractivity contribution in [3.05, 3.63) is 59.7 Å². The molecular formula is C17H18BN3O3. The van der Waals surface area contributed by atoms with Gasteiger partial charge in [0.1, 0.15) is 0 Å². The molecule has 2 amide bonds. The lowest BCUT2D eigenvalue weighted by Gasteiger charge is -2.18. The number of anilines is 1. The Balaban J connectivity index is 1.88. The molecule has 6 nitrogen and oxygen atoms in total. The Labute approximate surface area is 141 Å². The number of hydrogen-bond donors (Lipinski definition) is 3. The molecule has 0 saturated carbocycles. The average Bonchev–Trinajstić information content (AvgIpc) is 2.60. The molecule has 0 unspecified atom stereocenters. The molecule has 2 rings (SSSR count). The summed E-state index contributed by atoms with van der Waals surface area (Å²) >= 11 is 0. The van der Waals surface area contributed by atoms with E-state index in [2.05, 4.69) is 5.32 Å². The van der Waals surface area contributed by atoms with Crippen molar-refractivity contribution in [2.24, 2.45) is 0 Å². The summed E-state index contributed by atoms with van der Waals surface area (Å²) in [7, 11) is 0.215. The fourth-order valence-corrected chi connectivity index (χ4v) is 2.14. The molecule has 0 aliphatic heterocycles. The van der Waals surface area contributed by atoms with Crippen LogP contribution in [-0.2, 0) is 6.42 Å². The van der Waals surface area contributed by atoms with Crippen LogP contribution in [0, 0.1) is 11.3 Å². The van der Waals surface area contributed by atoms with E-state index in [1.54, 1.807) is 60.5 Å². The number of rotatable bonds is 5. The zero-order chi connectivity index (χ0) is 17.5. The summed E-state index contributed by atoms with van der Waals surface area (Å²) < 4.78 is 0. The van der Waals surface area contributed by atoms with Crippen molar-refractivity contribution in [1.82, 2.24) is 4.90 Å². The predicted molar refractivity (Wildman–Crippen MR) is 92.8 cm³/mol. The highest BCUT2D eigenvalue weighted by molar-refractivity contribution is 6.58. The summed E-state index contributed by atoms with van der Waals surface area (Å²) in [5.41, 5.74) is 2.49. The van der Waals surface area contributed by atoms with E-state index in [1.165, 1.54) is 0 Å². The lowest BCUT2D eigenvalue weighted by atomic mass is 9.80. The van der Waals surface area contributed by atoms with Gasteiger partial charge in [-0.2, -0.15) is 5.26 Å². The zero-order valence-electron chi connectivity index (χ0n) is 13.3. The maximum Gasteiger partial charge on any atom is 0.488 e. The van der Waals surface area contributed by atoms with Crippen molar-refractivity contribution in [3.63, 3.8) is 0 Å². The van der Waals surface area contributed by atoms with Crippen molar-refractivity contribution < 1.29 is 14.8 Å². The van der Waals surface area contributed by atoms with Gasteiger partial charge in [-0.15, -0.1) is 0 Å². The first-order valence-electron chi connectivity index (χ1n) is 7.47. The molecule has 0 saturated heterocycles. The predicted octanol–water partition coefficient (Wildman–Crippen LogP) is 0.944. The normalized spacial score (nSPS) is 9.92. The number of nitrogens with zero attached hydrogens (tertiary/aromatic N) is 2. The van der Waals surface area contributed by atoms with Gasteiger partial charge in [-0.25, -0.2) is 4.79 Å². The lowest BCUT2D eigenvalue weighted by molar-refractivity contribution is 0.223. The molecule has 0 bridgehead atoms. The molecule has 0 aromatic heterocycles. The monoisotopic (exact) mass is 323 g/mol. The molecule has 3 N–H and O–H groups in total. The highest BCUT2D eigenvalue weighted by Gasteiger charge is 2.11. The van der Waals surface area contributed by atoms with E-state index in [9.17, 15) is 4.79 Å². The van der Waals surface area contributed by atoms with E-state index in [-0.39, 0.29) is 6.03 Å². The molecule has 7 heteroatoms. The Hall–Kier alpha value is -2.82. The Morgan fingerprint density at radius 3 is 2.58 bits per heavy atom. The quantitative estimate of drug-likeness (QED) is 0.714. The molecule has 2 aromatic rings. The fourth-order valence-electron chi connectivity index (χ4n) is 2.14. The molecule has 2 aromatic carbocycles. The minimum absolute atomic E-state index is 0.257. The standard InChI is InChI=1S/C17H18BN3O3/c1-21(10-9-13-5-7-15(8-6-13)18(23)24)17(22)20-16-4-2-3-14(11-16)12-19/h2-8,11,23-24H,9-10H2,1H3,(H,20,22). The van der Waals surface area contributed by atoms with Crippen molar-refractivity contribution in [1.29, 1.82) is 5.26 Å². The minimum Gasteiger partial charge on any atom is -0.423 e. The zero-order valence-corrected chi connectivity index (χ0v) is 13.3. The Bertz CT molecular complexity index is 741. The average molecular weight is 323 g/mol. The molecule has 0 atom stereocenters. The van der Waals surface area contributed by atoms with E-state index in [0.29, 0.717) is 29.7 Å². The van der Waals surface area contributed by atoms with Crippen LogP contribution in [0.4, 0.5) is 10.5 Å². The fraction of sp³-hybridized carbons (Fsp3) is 0.176. The second-order valence-electron chi connectivity index (χ2n) is 5.41. The minimum atomic E-state index is -1.48. The summed E-state index contributed by atoms with van der Waals surface area (Å²) in [5, 5.41) is 29.7. The van der Waals surface area contributed by atoms with Gasteiger partial charge in [-0.1, -0.05) is 30.3 Å². The topological polar surface area (TPSA) is 96.6 Å². The second-order valence-corrected chi connectivity index (χ2v) is 5.41. The molecule has 0 aliphatic carbocycles. The Kier molecular flexibility index (Phi) is 5.96. The third kappa shape index (κ3) is 4.85. The summed E-state index contributed by atoms with van der Waals surface area (Å²) in [4.78, 5) is 13.7. The SMILES string of the molecule is CN(CCc1ccc(B(O)O)cc1)C(=O)Nc1cccc(C#N)c1. The van der Waals surface area contributed by atoms with Gasteiger partial charge in [0, 0.05) is 19.3 Å². The van der Waals surface area contributed by atoms with Gasteiger partial charge in [0.15, 0.2) is 0 Å². The summed E-state index contributed by atoms with van der Waals surface area (Å²) in [6.07, 6.45) is 0.643. The van der Waals surface area contributed by atoms with Gasteiger partial charge in [0.25, 0.3) is 0 Å². The third-order valence-electron chi connectivity index (χ3n) is 3.60. The molecular weight excluding hydrogens is 305 g/mol. The van der Waals surface area contributed by atoms with E-state index < -0.39 is 7.12 Å². The molecule has 0 heterocycles. The van der Waals surface area contributed by atoms with Gasteiger partial charge in [-0.3, -0.25) is 0 Å².